The molecule has 0 spiro atoms. The molecule has 0 atom stereocenters. The van der Waals surface area contributed by atoms with Crippen molar-refractivity contribution in [1.82, 2.24) is 4.90 Å². The van der Waals surface area contributed by atoms with Crippen LogP contribution in [0.4, 0.5) is 0 Å². The van der Waals surface area contributed by atoms with Crippen LogP contribution in [0.5, 0.6) is 0 Å². The molecule has 1 aromatic carbocycles. The van der Waals surface area contributed by atoms with E-state index >= 15 is 0 Å². The van der Waals surface area contributed by atoms with Crippen LogP contribution in [0, 0.1) is 0 Å². The van der Waals surface area contributed by atoms with Crippen molar-refractivity contribution >= 4 is 29.0 Å². The van der Waals surface area contributed by atoms with Crippen LogP contribution in [0.1, 0.15) is 24.2 Å². The summed E-state index contributed by atoms with van der Waals surface area (Å²) in [5.74, 6) is -0.119. The monoisotopic (exact) mass is 289 g/mol. The predicted octanol–water partition coefficient (Wildman–Crippen LogP) is 2.88. The molecule has 0 aromatic heterocycles. The summed E-state index contributed by atoms with van der Waals surface area (Å²) in [6, 6.07) is 4.81. The molecule has 1 N–H and O–H groups in total. The van der Waals surface area contributed by atoms with Gasteiger partial charge in [-0.1, -0.05) is 23.2 Å². The number of hydrogen-bond donors (Lipinski definition) is 1. The van der Waals surface area contributed by atoms with Gasteiger partial charge in [0.15, 0.2) is 5.78 Å². The zero-order valence-electron chi connectivity index (χ0n) is 10.7. The molecule has 0 saturated carbocycles. The molecule has 0 saturated heterocycles. The smallest absolute Gasteiger partial charge is 0.178 e. The first-order valence-electron chi connectivity index (χ1n) is 5.58. The number of carbonyl (C=O) groups excluding carboxylic acids is 1. The molecule has 18 heavy (non-hydrogen) atoms. The fraction of sp³-hybridized carbons (Fsp3) is 0.462. The van der Waals surface area contributed by atoms with E-state index in [0.29, 0.717) is 15.6 Å². The summed E-state index contributed by atoms with van der Waals surface area (Å²) in [6.45, 7) is 3.87. The highest BCUT2D eigenvalue weighted by Crippen LogP contribution is 2.22. The van der Waals surface area contributed by atoms with Gasteiger partial charge < -0.3 is 5.11 Å². The lowest BCUT2D eigenvalue weighted by atomic mass is 10.0. The number of Topliss-reactive ketones (excluding diaryl/α,β-unsaturated/α-hetero) is 1. The van der Waals surface area contributed by atoms with Crippen LogP contribution in [0.15, 0.2) is 18.2 Å². The van der Waals surface area contributed by atoms with Gasteiger partial charge in [-0.15, -0.1) is 0 Å². The number of nitrogens with zero attached hydrogens (tertiary/aromatic N) is 1. The van der Waals surface area contributed by atoms with Gasteiger partial charge in [-0.3, -0.25) is 9.69 Å². The first kappa shape index (κ1) is 15.4. The number of aliphatic hydroxyl groups is 1. The zero-order valence-corrected chi connectivity index (χ0v) is 12.2. The summed E-state index contributed by atoms with van der Waals surface area (Å²) in [5, 5.41) is 10.1. The van der Waals surface area contributed by atoms with Gasteiger partial charge >= 0.3 is 0 Å². The van der Waals surface area contributed by atoms with Crippen molar-refractivity contribution in [3.63, 3.8) is 0 Å². The van der Waals surface area contributed by atoms with Crippen LogP contribution < -0.4 is 0 Å². The summed E-state index contributed by atoms with van der Waals surface area (Å²) in [6.07, 6.45) is 0. The molecule has 100 valence electrons. The summed E-state index contributed by atoms with van der Waals surface area (Å²) in [5.41, 5.74) is -0.0504. The molecule has 5 heteroatoms. The Balaban J connectivity index is 2.86. The molecule has 0 bridgehead atoms. The van der Waals surface area contributed by atoms with Gasteiger partial charge in [0, 0.05) is 16.1 Å². The van der Waals surface area contributed by atoms with Gasteiger partial charge in [0.1, 0.15) is 0 Å². The van der Waals surface area contributed by atoms with Gasteiger partial charge in [0.05, 0.1) is 18.2 Å². The Labute approximate surface area is 117 Å². The minimum absolute atomic E-state index is 0.0277. The van der Waals surface area contributed by atoms with Gasteiger partial charge in [-0.2, -0.15) is 0 Å². The van der Waals surface area contributed by atoms with Crippen LogP contribution in [0.25, 0.3) is 0 Å². The Morgan fingerprint density at radius 2 is 2.00 bits per heavy atom. The Morgan fingerprint density at radius 1 is 1.39 bits per heavy atom. The molecule has 0 aliphatic carbocycles. The number of carbonyl (C=O) groups is 1. The van der Waals surface area contributed by atoms with Crippen molar-refractivity contribution < 1.29 is 9.90 Å². The first-order valence-corrected chi connectivity index (χ1v) is 6.34. The lowest BCUT2D eigenvalue weighted by Gasteiger charge is -2.33. The lowest BCUT2D eigenvalue weighted by molar-refractivity contribution is 0.0659. The van der Waals surface area contributed by atoms with Crippen molar-refractivity contribution in [2.45, 2.75) is 19.4 Å². The Kier molecular flexibility index (Phi) is 5.17. The molecule has 0 amide bonds. The first-order chi connectivity index (χ1) is 8.27. The highest BCUT2D eigenvalue weighted by atomic mass is 35.5. The molecular weight excluding hydrogens is 273 g/mol. The maximum atomic E-state index is 12.1. The van der Waals surface area contributed by atoms with E-state index in [0.717, 1.165) is 0 Å². The van der Waals surface area contributed by atoms with Crippen LogP contribution in [-0.2, 0) is 0 Å². The molecule has 1 aromatic rings. The Hall–Kier alpha value is -0.610. The van der Waals surface area contributed by atoms with Crippen molar-refractivity contribution in [2.75, 3.05) is 20.2 Å². The van der Waals surface area contributed by atoms with Crippen LogP contribution in [0.3, 0.4) is 0 Å². The standard InChI is InChI=1S/C13H17Cl2NO2/c1-13(2,8-17)16(3)7-12(18)10-6-9(14)4-5-11(10)15/h4-6,17H,7-8H2,1-3H3. The topological polar surface area (TPSA) is 40.5 Å². The number of ketones is 1. The van der Waals surface area contributed by atoms with Crippen LogP contribution in [0.2, 0.25) is 10.0 Å². The molecule has 0 fully saturated rings. The van der Waals surface area contributed by atoms with E-state index < -0.39 is 5.54 Å². The van der Waals surface area contributed by atoms with E-state index in [1.54, 1.807) is 30.1 Å². The molecule has 0 unspecified atom stereocenters. The van der Waals surface area contributed by atoms with Gasteiger partial charge in [-0.05, 0) is 39.1 Å². The summed E-state index contributed by atoms with van der Waals surface area (Å²) in [4.78, 5) is 13.9. The number of aliphatic hydroxyl groups excluding tert-OH is 1. The SMILES string of the molecule is CN(CC(=O)c1cc(Cl)ccc1Cl)C(C)(C)CO. The fourth-order valence-corrected chi connectivity index (χ4v) is 1.74. The van der Waals surface area contributed by atoms with Crippen molar-refractivity contribution in [1.29, 1.82) is 0 Å². The number of rotatable bonds is 5. The molecule has 1 rings (SSSR count). The third-order valence-electron chi connectivity index (χ3n) is 3.03. The minimum atomic E-state index is -0.458. The number of halogens is 2. The Morgan fingerprint density at radius 3 is 2.56 bits per heavy atom. The van der Waals surface area contributed by atoms with Crippen molar-refractivity contribution in [3.8, 4) is 0 Å². The van der Waals surface area contributed by atoms with Crippen molar-refractivity contribution in [2.24, 2.45) is 0 Å². The van der Waals surface area contributed by atoms with E-state index in [1.807, 2.05) is 13.8 Å². The second kappa shape index (κ2) is 6.02. The highest BCUT2D eigenvalue weighted by molar-refractivity contribution is 6.36. The minimum Gasteiger partial charge on any atom is -0.394 e. The van der Waals surface area contributed by atoms with E-state index in [4.69, 9.17) is 23.2 Å². The normalized spacial score (nSPS) is 11.9. The van der Waals surface area contributed by atoms with Crippen molar-refractivity contribution in [3.05, 3.63) is 33.8 Å². The maximum absolute atomic E-state index is 12.1. The van der Waals surface area contributed by atoms with E-state index in [2.05, 4.69) is 0 Å². The number of benzene rings is 1. The predicted molar refractivity (Wildman–Crippen MR) is 74.6 cm³/mol. The van der Waals surface area contributed by atoms with E-state index in [1.165, 1.54) is 0 Å². The molecule has 0 heterocycles. The number of hydrogen-bond acceptors (Lipinski definition) is 3. The summed E-state index contributed by atoms with van der Waals surface area (Å²) >= 11 is 11.8. The number of likely N-dealkylation sites (N-methyl/N-ethyl adjacent to an activating group) is 1. The average molecular weight is 290 g/mol. The molecule has 0 radical (unpaired) electrons. The van der Waals surface area contributed by atoms with Crippen LogP contribution >= 0.6 is 23.2 Å². The molecule has 3 nitrogen and oxygen atoms in total. The van der Waals surface area contributed by atoms with Crippen LogP contribution in [-0.4, -0.2) is 41.5 Å². The molecule has 0 aliphatic heterocycles. The quantitative estimate of drug-likeness (QED) is 0.848. The average Bonchev–Trinajstić information content (AvgIpc) is 2.31. The van der Waals surface area contributed by atoms with Gasteiger partial charge in [-0.25, -0.2) is 0 Å². The van der Waals surface area contributed by atoms with E-state index in [-0.39, 0.29) is 18.9 Å². The largest absolute Gasteiger partial charge is 0.394 e. The highest BCUT2D eigenvalue weighted by Gasteiger charge is 2.25. The summed E-state index contributed by atoms with van der Waals surface area (Å²) < 4.78 is 0. The lowest BCUT2D eigenvalue weighted by Crippen LogP contribution is -2.46. The zero-order chi connectivity index (χ0) is 13.9. The van der Waals surface area contributed by atoms with Gasteiger partial charge in [0.2, 0.25) is 0 Å². The maximum Gasteiger partial charge on any atom is 0.178 e. The fourth-order valence-electron chi connectivity index (χ4n) is 1.35. The summed E-state index contributed by atoms with van der Waals surface area (Å²) in [7, 11) is 1.78. The second-order valence-electron chi connectivity index (χ2n) is 4.87. The molecular formula is C13H17Cl2NO2. The third kappa shape index (κ3) is 3.69. The van der Waals surface area contributed by atoms with E-state index in [9.17, 15) is 9.90 Å². The molecule has 0 aliphatic rings. The van der Waals surface area contributed by atoms with Gasteiger partial charge in [0.25, 0.3) is 0 Å². The third-order valence-corrected chi connectivity index (χ3v) is 3.59. The second-order valence-corrected chi connectivity index (χ2v) is 5.72. The Bertz CT molecular complexity index is 447.